The Morgan fingerprint density at radius 1 is 1.00 bits per heavy atom. The van der Waals surface area contributed by atoms with Crippen LogP contribution in [0.3, 0.4) is 0 Å². The van der Waals surface area contributed by atoms with Crippen LogP contribution in [-0.4, -0.2) is 10.9 Å². The minimum atomic E-state index is -0.107. The molecule has 0 radical (unpaired) electrons. The van der Waals surface area contributed by atoms with Gasteiger partial charge in [0.25, 0.3) is 5.56 Å². The summed E-state index contributed by atoms with van der Waals surface area (Å²) < 4.78 is 1.43. The summed E-state index contributed by atoms with van der Waals surface area (Å²) in [6.07, 6.45) is 1.74. The molecule has 3 nitrogen and oxygen atoms in total. The van der Waals surface area contributed by atoms with Crippen molar-refractivity contribution in [3.63, 3.8) is 0 Å². The van der Waals surface area contributed by atoms with Gasteiger partial charge in [-0.05, 0) is 36.2 Å². The first-order chi connectivity index (χ1) is 10.1. The van der Waals surface area contributed by atoms with Gasteiger partial charge in [-0.15, -0.1) is 0 Å². The number of hydrogen-bond donors (Lipinski definition) is 0. The summed E-state index contributed by atoms with van der Waals surface area (Å²) in [5.41, 5.74) is 2.68. The maximum absolute atomic E-state index is 12.0. The highest BCUT2D eigenvalue weighted by Crippen LogP contribution is 2.16. The van der Waals surface area contributed by atoms with Crippen molar-refractivity contribution in [2.45, 2.75) is 13.8 Å². The summed E-state index contributed by atoms with van der Waals surface area (Å²) in [5, 5.41) is 6.63. The number of fused-ring (bicyclic) bond motifs is 1. The Balaban J connectivity index is 2.09. The molecule has 1 heterocycles. The molecule has 0 unspecified atom stereocenters. The standard InChI is InChI=1S/C18H16N2O/c1-13-10-14(2)20(18(21)11-13)19-12-16-8-5-7-15-6-3-4-9-17(15)16/h3-12H,1-2H3/b19-12+. The number of benzene rings is 2. The van der Waals surface area contributed by atoms with Crippen molar-refractivity contribution in [1.82, 2.24) is 4.68 Å². The molecule has 3 aromatic rings. The van der Waals surface area contributed by atoms with E-state index in [9.17, 15) is 4.79 Å². The van der Waals surface area contributed by atoms with Gasteiger partial charge in [0.1, 0.15) is 0 Å². The van der Waals surface area contributed by atoms with Crippen LogP contribution in [0.2, 0.25) is 0 Å². The van der Waals surface area contributed by atoms with Gasteiger partial charge in [-0.2, -0.15) is 5.10 Å². The lowest BCUT2D eigenvalue weighted by Gasteiger charge is -2.05. The molecule has 0 aliphatic rings. The molecule has 0 saturated heterocycles. The topological polar surface area (TPSA) is 34.4 Å². The third-order valence-corrected chi connectivity index (χ3v) is 3.47. The molecule has 0 aliphatic carbocycles. The van der Waals surface area contributed by atoms with Crippen LogP contribution in [0.25, 0.3) is 10.8 Å². The second-order valence-electron chi connectivity index (χ2n) is 5.14. The first-order valence-corrected chi connectivity index (χ1v) is 6.87. The third-order valence-electron chi connectivity index (χ3n) is 3.47. The van der Waals surface area contributed by atoms with E-state index in [0.29, 0.717) is 0 Å². The summed E-state index contributed by atoms with van der Waals surface area (Å²) in [6.45, 7) is 3.79. The predicted octanol–water partition coefficient (Wildman–Crippen LogP) is 3.50. The Bertz CT molecular complexity index is 886. The van der Waals surface area contributed by atoms with Gasteiger partial charge < -0.3 is 0 Å². The predicted molar refractivity (Wildman–Crippen MR) is 87.1 cm³/mol. The van der Waals surface area contributed by atoms with Crippen LogP contribution < -0.4 is 5.56 Å². The largest absolute Gasteiger partial charge is 0.271 e. The number of aromatic nitrogens is 1. The summed E-state index contributed by atoms with van der Waals surface area (Å²) >= 11 is 0. The highest BCUT2D eigenvalue weighted by Gasteiger charge is 2.00. The molecule has 0 fully saturated rings. The van der Waals surface area contributed by atoms with E-state index in [1.165, 1.54) is 4.68 Å². The quantitative estimate of drug-likeness (QED) is 0.660. The maximum Gasteiger partial charge on any atom is 0.271 e. The zero-order chi connectivity index (χ0) is 14.8. The molecule has 3 rings (SSSR count). The molecule has 0 atom stereocenters. The van der Waals surface area contributed by atoms with E-state index in [-0.39, 0.29) is 5.56 Å². The second kappa shape index (κ2) is 5.37. The van der Waals surface area contributed by atoms with Crippen molar-refractivity contribution in [2.75, 3.05) is 0 Å². The summed E-state index contributed by atoms with van der Waals surface area (Å²) in [5.74, 6) is 0. The summed E-state index contributed by atoms with van der Waals surface area (Å²) in [7, 11) is 0. The van der Waals surface area contributed by atoms with Gasteiger partial charge in [0.15, 0.2) is 0 Å². The Kier molecular flexibility index (Phi) is 3.40. The van der Waals surface area contributed by atoms with Crippen LogP contribution in [0.5, 0.6) is 0 Å². The monoisotopic (exact) mass is 276 g/mol. The second-order valence-corrected chi connectivity index (χ2v) is 5.14. The SMILES string of the molecule is Cc1cc(C)n(/N=C/c2cccc3ccccc23)c(=O)c1. The molecule has 0 amide bonds. The van der Waals surface area contributed by atoms with Crippen molar-refractivity contribution in [2.24, 2.45) is 5.10 Å². The van der Waals surface area contributed by atoms with E-state index in [2.05, 4.69) is 23.3 Å². The molecule has 0 saturated carbocycles. The molecule has 2 aromatic carbocycles. The maximum atomic E-state index is 12.0. The molecule has 21 heavy (non-hydrogen) atoms. The fourth-order valence-corrected chi connectivity index (χ4v) is 2.49. The van der Waals surface area contributed by atoms with E-state index in [4.69, 9.17) is 0 Å². The fraction of sp³-hybridized carbons (Fsp3) is 0.111. The molecule has 3 heteroatoms. The number of pyridine rings is 1. The molecular formula is C18H16N2O. The lowest BCUT2D eigenvalue weighted by Crippen LogP contribution is -2.18. The molecule has 0 N–H and O–H groups in total. The van der Waals surface area contributed by atoms with E-state index < -0.39 is 0 Å². The molecule has 1 aromatic heterocycles. The van der Waals surface area contributed by atoms with Gasteiger partial charge in [0.2, 0.25) is 0 Å². The highest BCUT2D eigenvalue weighted by molar-refractivity contribution is 5.99. The smallest absolute Gasteiger partial charge is 0.267 e. The van der Waals surface area contributed by atoms with Crippen molar-refractivity contribution in [3.8, 4) is 0 Å². The van der Waals surface area contributed by atoms with Crippen LogP contribution in [0.15, 0.2) is 64.5 Å². The van der Waals surface area contributed by atoms with Crippen molar-refractivity contribution >= 4 is 17.0 Å². The lowest BCUT2D eigenvalue weighted by atomic mass is 10.1. The van der Waals surface area contributed by atoms with E-state index >= 15 is 0 Å². The Morgan fingerprint density at radius 3 is 2.57 bits per heavy atom. The zero-order valence-corrected chi connectivity index (χ0v) is 12.1. The first kappa shape index (κ1) is 13.3. The van der Waals surface area contributed by atoms with Crippen LogP contribution in [0.4, 0.5) is 0 Å². The first-order valence-electron chi connectivity index (χ1n) is 6.87. The van der Waals surface area contributed by atoms with Gasteiger partial charge >= 0.3 is 0 Å². The Labute approximate surface area is 123 Å². The lowest BCUT2D eigenvalue weighted by molar-refractivity contribution is 0.791. The van der Waals surface area contributed by atoms with Crippen molar-refractivity contribution < 1.29 is 0 Å². The van der Waals surface area contributed by atoms with Gasteiger partial charge in [0.05, 0.1) is 6.21 Å². The van der Waals surface area contributed by atoms with Crippen LogP contribution >= 0.6 is 0 Å². The van der Waals surface area contributed by atoms with Gasteiger partial charge in [0, 0.05) is 17.3 Å². The number of nitrogens with zero attached hydrogens (tertiary/aromatic N) is 2. The average Bonchev–Trinajstić information content (AvgIpc) is 2.46. The minimum absolute atomic E-state index is 0.107. The molecular weight excluding hydrogens is 260 g/mol. The van der Waals surface area contributed by atoms with Crippen LogP contribution in [0, 0.1) is 13.8 Å². The molecule has 0 bridgehead atoms. The molecule has 0 aliphatic heterocycles. The van der Waals surface area contributed by atoms with E-state index in [1.807, 2.05) is 44.2 Å². The van der Waals surface area contributed by atoms with Gasteiger partial charge in [-0.1, -0.05) is 42.5 Å². The average molecular weight is 276 g/mol. The van der Waals surface area contributed by atoms with Crippen molar-refractivity contribution in [1.29, 1.82) is 0 Å². The molecule has 104 valence electrons. The van der Waals surface area contributed by atoms with Gasteiger partial charge in [-0.3, -0.25) is 4.79 Å². The minimum Gasteiger partial charge on any atom is -0.267 e. The molecule has 0 spiro atoms. The fourth-order valence-electron chi connectivity index (χ4n) is 2.49. The number of aryl methyl sites for hydroxylation is 2. The number of hydrogen-bond acceptors (Lipinski definition) is 2. The third kappa shape index (κ3) is 2.63. The van der Waals surface area contributed by atoms with Crippen LogP contribution in [-0.2, 0) is 0 Å². The highest BCUT2D eigenvalue weighted by atomic mass is 16.1. The summed E-state index contributed by atoms with van der Waals surface area (Å²) in [6, 6.07) is 17.7. The number of rotatable bonds is 2. The normalized spacial score (nSPS) is 11.3. The van der Waals surface area contributed by atoms with Gasteiger partial charge in [-0.25, -0.2) is 4.68 Å². The Morgan fingerprint density at radius 2 is 1.76 bits per heavy atom. The van der Waals surface area contributed by atoms with Crippen LogP contribution in [0.1, 0.15) is 16.8 Å². The zero-order valence-electron chi connectivity index (χ0n) is 12.1. The van der Waals surface area contributed by atoms with E-state index in [0.717, 1.165) is 27.6 Å². The Hall–Kier alpha value is -2.68. The van der Waals surface area contributed by atoms with Crippen molar-refractivity contribution in [3.05, 3.63) is 81.8 Å². The van der Waals surface area contributed by atoms with E-state index in [1.54, 1.807) is 12.3 Å². The summed E-state index contributed by atoms with van der Waals surface area (Å²) in [4.78, 5) is 12.0.